The van der Waals surface area contributed by atoms with Gasteiger partial charge in [0.1, 0.15) is 11.5 Å². The van der Waals surface area contributed by atoms with Gasteiger partial charge < -0.3 is 4.90 Å². The Balaban J connectivity index is 1.62. The quantitative estimate of drug-likeness (QED) is 0.384. The summed E-state index contributed by atoms with van der Waals surface area (Å²) in [5.74, 6) is 5.74. The Hall–Kier alpha value is -3.06. The second kappa shape index (κ2) is 6.10. The van der Waals surface area contributed by atoms with Crippen LogP contribution in [-0.4, -0.2) is 33.5 Å². The fourth-order valence-electron chi connectivity index (χ4n) is 3.37. The van der Waals surface area contributed by atoms with Crippen molar-refractivity contribution < 1.29 is 9.59 Å². The number of nitrogens with zero attached hydrogens (tertiary/aromatic N) is 3. The lowest BCUT2D eigenvalue weighted by Gasteiger charge is -2.29. The van der Waals surface area contributed by atoms with Crippen LogP contribution < -0.4 is 11.3 Å². The first-order valence-electron chi connectivity index (χ1n) is 8.10. The molecule has 1 atom stereocenters. The van der Waals surface area contributed by atoms with Crippen LogP contribution in [0.4, 0.5) is 5.69 Å². The molecule has 0 bridgehead atoms. The van der Waals surface area contributed by atoms with Crippen LogP contribution in [0.1, 0.15) is 39.3 Å². The molecule has 3 N–H and O–H groups in total. The van der Waals surface area contributed by atoms with E-state index in [1.165, 1.54) is 0 Å². The van der Waals surface area contributed by atoms with Crippen molar-refractivity contribution in [3.8, 4) is 0 Å². The van der Waals surface area contributed by atoms with Crippen LogP contribution >= 0.6 is 0 Å². The number of nitrogen functional groups attached to an aromatic ring is 1. The van der Waals surface area contributed by atoms with Gasteiger partial charge in [0, 0.05) is 24.7 Å². The summed E-state index contributed by atoms with van der Waals surface area (Å²) in [4.78, 5) is 35.3. The molecule has 0 aliphatic carbocycles. The number of fused-ring (bicyclic) bond motifs is 2. The van der Waals surface area contributed by atoms with E-state index < -0.39 is 0 Å². The standard InChI is InChI=1S/C18H17N5O2/c19-22-18(25)11-4-5-12-10-23-15(6-7-16(23)21-14(12)9-11)17(24)13-3-1-2-8-20-13/h1-5,8-9,15H,6-7,10,19H2,(H,22,25). The summed E-state index contributed by atoms with van der Waals surface area (Å²) in [7, 11) is 0. The number of Topliss-reactive ketones (excluding diaryl/α,β-unsaturated/α-hetero) is 1. The van der Waals surface area contributed by atoms with E-state index in [0.717, 1.165) is 29.9 Å². The number of hydrazine groups is 1. The summed E-state index contributed by atoms with van der Waals surface area (Å²) in [5, 5.41) is 0. The molecule has 2 aliphatic heterocycles. The summed E-state index contributed by atoms with van der Waals surface area (Å²) < 4.78 is 0. The van der Waals surface area contributed by atoms with E-state index in [1.807, 2.05) is 17.0 Å². The number of nitrogens with one attached hydrogen (secondary N) is 1. The Kier molecular flexibility index (Phi) is 3.77. The predicted molar refractivity (Wildman–Crippen MR) is 92.3 cm³/mol. The third-order valence-electron chi connectivity index (χ3n) is 4.64. The van der Waals surface area contributed by atoms with Crippen molar-refractivity contribution >= 4 is 23.2 Å². The lowest BCUT2D eigenvalue weighted by molar-refractivity contribution is 0.0889. The first-order valence-corrected chi connectivity index (χ1v) is 8.10. The summed E-state index contributed by atoms with van der Waals surface area (Å²) >= 11 is 0. The van der Waals surface area contributed by atoms with Crippen LogP contribution in [0.2, 0.25) is 0 Å². The smallest absolute Gasteiger partial charge is 0.265 e. The van der Waals surface area contributed by atoms with E-state index >= 15 is 0 Å². The second-order valence-corrected chi connectivity index (χ2v) is 6.11. The van der Waals surface area contributed by atoms with Crippen molar-refractivity contribution in [3.05, 3.63) is 59.4 Å². The molecular weight excluding hydrogens is 318 g/mol. The highest BCUT2D eigenvalue weighted by Gasteiger charge is 2.37. The van der Waals surface area contributed by atoms with E-state index in [4.69, 9.17) is 5.84 Å². The van der Waals surface area contributed by atoms with Crippen molar-refractivity contribution in [1.29, 1.82) is 0 Å². The van der Waals surface area contributed by atoms with Crippen LogP contribution in [-0.2, 0) is 6.54 Å². The van der Waals surface area contributed by atoms with Gasteiger partial charge in [-0.3, -0.25) is 20.0 Å². The molecule has 25 heavy (non-hydrogen) atoms. The highest BCUT2D eigenvalue weighted by Crippen LogP contribution is 2.34. The Morgan fingerprint density at radius 1 is 1.24 bits per heavy atom. The Morgan fingerprint density at radius 2 is 2.12 bits per heavy atom. The lowest BCUT2D eigenvalue weighted by atomic mass is 10.0. The largest absolute Gasteiger partial charge is 0.345 e. The van der Waals surface area contributed by atoms with Gasteiger partial charge in [-0.15, -0.1) is 0 Å². The molecule has 7 heteroatoms. The first kappa shape index (κ1) is 15.5. The Morgan fingerprint density at radius 3 is 2.88 bits per heavy atom. The number of hydrogen-bond acceptors (Lipinski definition) is 6. The number of amidine groups is 1. The topological polar surface area (TPSA) is 101 Å². The highest BCUT2D eigenvalue weighted by molar-refractivity contribution is 6.04. The number of benzene rings is 1. The van der Waals surface area contributed by atoms with Crippen molar-refractivity contribution in [2.45, 2.75) is 25.4 Å². The normalized spacial score (nSPS) is 18.2. The second-order valence-electron chi connectivity index (χ2n) is 6.11. The average molecular weight is 335 g/mol. The molecule has 2 aliphatic rings. The molecule has 1 fully saturated rings. The lowest BCUT2D eigenvalue weighted by Crippen LogP contribution is -2.39. The zero-order chi connectivity index (χ0) is 17.4. The van der Waals surface area contributed by atoms with Gasteiger partial charge in [0.2, 0.25) is 5.78 Å². The van der Waals surface area contributed by atoms with Crippen molar-refractivity contribution in [3.63, 3.8) is 0 Å². The van der Waals surface area contributed by atoms with Gasteiger partial charge in [-0.05, 0) is 36.2 Å². The minimum absolute atomic E-state index is 0.0216. The van der Waals surface area contributed by atoms with Crippen LogP contribution in [0, 0.1) is 0 Å². The number of carbonyl (C=O) groups excluding carboxylic acids is 2. The van der Waals surface area contributed by atoms with E-state index in [2.05, 4.69) is 15.4 Å². The number of hydrogen-bond donors (Lipinski definition) is 2. The third kappa shape index (κ3) is 2.68. The van der Waals surface area contributed by atoms with Crippen molar-refractivity contribution in [2.24, 2.45) is 10.8 Å². The fourth-order valence-corrected chi connectivity index (χ4v) is 3.37. The highest BCUT2D eigenvalue weighted by atomic mass is 16.2. The summed E-state index contributed by atoms with van der Waals surface area (Å²) in [6.07, 6.45) is 3.08. The molecule has 3 heterocycles. The molecule has 0 spiro atoms. The van der Waals surface area contributed by atoms with Crippen LogP contribution in [0.25, 0.3) is 0 Å². The molecule has 0 saturated carbocycles. The van der Waals surface area contributed by atoms with E-state index in [9.17, 15) is 9.59 Å². The number of aromatic nitrogens is 1. The number of nitrogens with two attached hydrogens (primary N) is 1. The van der Waals surface area contributed by atoms with Gasteiger partial charge in [0.15, 0.2) is 0 Å². The molecule has 4 rings (SSSR count). The van der Waals surface area contributed by atoms with Crippen LogP contribution in [0.15, 0.2) is 47.6 Å². The number of carbonyl (C=O) groups is 2. The predicted octanol–water partition coefficient (Wildman–Crippen LogP) is 1.58. The van der Waals surface area contributed by atoms with E-state index in [0.29, 0.717) is 17.8 Å². The van der Waals surface area contributed by atoms with Gasteiger partial charge in [-0.2, -0.15) is 0 Å². The Labute approximate surface area is 144 Å². The molecule has 7 nitrogen and oxygen atoms in total. The zero-order valence-electron chi connectivity index (χ0n) is 13.5. The molecule has 1 aromatic carbocycles. The van der Waals surface area contributed by atoms with Crippen LogP contribution in [0.5, 0.6) is 0 Å². The monoisotopic (exact) mass is 335 g/mol. The fraction of sp³-hybridized carbons (Fsp3) is 0.222. The van der Waals surface area contributed by atoms with Gasteiger partial charge in [-0.1, -0.05) is 12.1 Å². The average Bonchev–Trinajstić information content (AvgIpc) is 3.07. The number of rotatable bonds is 3. The number of ketones is 1. The van der Waals surface area contributed by atoms with E-state index in [-0.39, 0.29) is 17.7 Å². The zero-order valence-corrected chi connectivity index (χ0v) is 13.5. The molecule has 1 aromatic heterocycles. The van der Waals surface area contributed by atoms with Crippen LogP contribution in [0.3, 0.4) is 0 Å². The maximum Gasteiger partial charge on any atom is 0.265 e. The van der Waals surface area contributed by atoms with E-state index in [1.54, 1.807) is 30.5 Å². The van der Waals surface area contributed by atoms with Gasteiger partial charge in [0.05, 0.1) is 11.7 Å². The van der Waals surface area contributed by atoms with Gasteiger partial charge in [0.25, 0.3) is 5.91 Å². The molecule has 0 radical (unpaired) electrons. The SMILES string of the molecule is NNC(=O)c1ccc2c(c1)N=C1CCC(C(=O)c3ccccn3)N1C2. The number of amides is 1. The third-order valence-corrected chi connectivity index (χ3v) is 4.64. The minimum atomic E-state index is -0.347. The summed E-state index contributed by atoms with van der Waals surface area (Å²) in [6.45, 7) is 0.599. The number of aliphatic imine (C=N–C) groups is 1. The molecule has 1 unspecified atom stereocenters. The molecule has 1 amide bonds. The maximum absolute atomic E-state index is 12.8. The molecule has 1 saturated heterocycles. The molecule has 2 aromatic rings. The van der Waals surface area contributed by atoms with Crippen molar-refractivity contribution in [2.75, 3.05) is 0 Å². The minimum Gasteiger partial charge on any atom is -0.345 e. The van der Waals surface area contributed by atoms with Gasteiger partial charge >= 0.3 is 0 Å². The number of pyridine rings is 1. The first-order chi connectivity index (χ1) is 12.2. The van der Waals surface area contributed by atoms with Gasteiger partial charge in [-0.25, -0.2) is 10.8 Å². The van der Waals surface area contributed by atoms with Crippen molar-refractivity contribution in [1.82, 2.24) is 15.3 Å². The maximum atomic E-state index is 12.8. The summed E-state index contributed by atoms with van der Waals surface area (Å²) in [5.41, 5.74) is 4.82. The molecular formula is C18H17N5O2. The summed E-state index contributed by atoms with van der Waals surface area (Å²) in [6, 6.07) is 10.4. The Bertz CT molecular complexity index is 878. The molecule has 126 valence electrons.